The molecule has 1 amide bonds. The van der Waals surface area contributed by atoms with Crippen LogP contribution in [0.15, 0.2) is 18.2 Å². The zero-order valence-corrected chi connectivity index (χ0v) is 20.9. The fourth-order valence-corrected chi connectivity index (χ4v) is 5.15. The highest BCUT2D eigenvalue weighted by atomic mass is 35.5. The normalized spacial score (nSPS) is 19.3. The predicted molar refractivity (Wildman–Crippen MR) is 128 cm³/mol. The van der Waals surface area contributed by atoms with E-state index in [2.05, 4.69) is 35.8 Å². The van der Waals surface area contributed by atoms with Crippen LogP contribution in [0.4, 0.5) is 0 Å². The van der Waals surface area contributed by atoms with Crippen molar-refractivity contribution < 1.29 is 4.79 Å². The number of rotatable bonds is 5. The average molecular weight is 458 g/mol. The summed E-state index contributed by atoms with van der Waals surface area (Å²) in [5.41, 5.74) is 3.86. The van der Waals surface area contributed by atoms with Crippen LogP contribution in [0.2, 0.25) is 5.15 Å². The van der Waals surface area contributed by atoms with E-state index in [9.17, 15) is 4.79 Å². The molecule has 0 atom stereocenters. The monoisotopic (exact) mass is 457 g/mol. The minimum Gasteiger partial charge on any atom is -0.338 e. The summed E-state index contributed by atoms with van der Waals surface area (Å²) in [6, 6.07) is 5.90. The van der Waals surface area contributed by atoms with E-state index in [4.69, 9.17) is 11.6 Å². The Morgan fingerprint density at radius 1 is 1.19 bits per heavy atom. The topological polar surface area (TPSA) is 54.3 Å². The molecule has 2 aliphatic heterocycles. The number of hydrogen-bond acceptors (Lipinski definition) is 4. The number of amides is 1. The van der Waals surface area contributed by atoms with Gasteiger partial charge >= 0.3 is 0 Å². The summed E-state index contributed by atoms with van der Waals surface area (Å²) in [7, 11) is 1.84. The quantitative estimate of drug-likeness (QED) is 0.653. The summed E-state index contributed by atoms with van der Waals surface area (Å²) in [5.74, 6) is 0.233. The zero-order valence-electron chi connectivity index (χ0n) is 20.1. The van der Waals surface area contributed by atoms with Crippen molar-refractivity contribution in [2.75, 3.05) is 26.2 Å². The Hall–Kier alpha value is -1.92. The second-order valence-electron chi connectivity index (χ2n) is 11.0. The molecule has 174 valence electrons. The van der Waals surface area contributed by atoms with Crippen molar-refractivity contribution in [1.82, 2.24) is 24.6 Å². The highest BCUT2D eigenvalue weighted by Gasteiger charge is 2.45. The van der Waals surface area contributed by atoms with Gasteiger partial charge in [0.1, 0.15) is 10.8 Å². The van der Waals surface area contributed by atoms with Crippen LogP contribution in [-0.2, 0) is 18.4 Å². The molecule has 2 aliphatic rings. The highest BCUT2D eigenvalue weighted by Crippen LogP contribution is 2.42. The number of piperidine rings is 1. The number of likely N-dealkylation sites (tertiary alicyclic amines) is 2. The molecule has 4 rings (SSSR count). The van der Waals surface area contributed by atoms with E-state index in [0.29, 0.717) is 23.5 Å². The first kappa shape index (κ1) is 23.2. The number of carbonyl (C=O) groups excluding carboxylic acids is 1. The summed E-state index contributed by atoms with van der Waals surface area (Å²) >= 11 is 6.63. The van der Waals surface area contributed by atoms with Gasteiger partial charge in [0.15, 0.2) is 0 Å². The molecule has 2 aromatic rings. The molecule has 2 fully saturated rings. The van der Waals surface area contributed by atoms with E-state index >= 15 is 0 Å². The van der Waals surface area contributed by atoms with Crippen LogP contribution in [0, 0.1) is 17.8 Å². The molecule has 2 saturated heterocycles. The van der Waals surface area contributed by atoms with Crippen LogP contribution >= 0.6 is 11.6 Å². The third-order valence-electron chi connectivity index (χ3n) is 7.05. The number of pyridine rings is 1. The number of carbonyl (C=O) groups is 1. The maximum atomic E-state index is 13.0. The first-order valence-electron chi connectivity index (χ1n) is 11.7. The van der Waals surface area contributed by atoms with Crippen molar-refractivity contribution in [3.8, 4) is 11.4 Å². The van der Waals surface area contributed by atoms with E-state index in [1.165, 1.54) is 6.42 Å². The zero-order chi connectivity index (χ0) is 23.1. The van der Waals surface area contributed by atoms with E-state index < -0.39 is 0 Å². The van der Waals surface area contributed by atoms with Gasteiger partial charge in [0.05, 0.1) is 12.2 Å². The molecule has 2 aromatic heterocycles. The van der Waals surface area contributed by atoms with Crippen molar-refractivity contribution in [2.24, 2.45) is 17.9 Å². The van der Waals surface area contributed by atoms with E-state index in [0.717, 1.165) is 61.7 Å². The third kappa shape index (κ3) is 5.01. The van der Waals surface area contributed by atoms with Crippen molar-refractivity contribution in [2.45, 2.75) is 59.9 Å². The second kappa shape index (κ2) is 8.79. The van der Waals surface area contributed by atoms with Gasteiger partial charge in [-0.1, -0.05) is 38.4 Å². The Bertz CT molecular complexity index is 985. The maximum Gasteiger partial charge on any atom is 0.223 e. The number of aromatic nitrogens is 3. The van der Waals surface area contributed by atoms with Gasteiger partial charge in [-0.05, 0) is 68.8 Å². The van der Waals surface area contributed by atoms with Gasteiger partial charge in [-0.3, -0.25) is 14.5 Å². The summed E-state index contributed by atoms with van der Waals surface area (Å²) in [6.45, 7) is 13.5. The number of aryl methyl sites for hydroxylation is 2. The van der Waals surface area contributed by atoms with Gasteiger partial charge in [-0.25, -0.2) is 0 Å². The lowest BCUT2D eigenvalue weighted by atomic mass is 9.77. The van der Waals surface area contributed by atoms with Crippen LogP contribution in [0.5, 0.6) is 0 Å². The molecule has 1 spiro atoms. The Kier molecular flexibility index (Phi) is 6.38. The van der Waals surface area contributed by atoms with Crippen LogP contribution in [0.25, 0.3) is 11.4 Å². The molecule has 0 aromatic carbocycles. The molecule has 0 saturated carbocycles. The minimum atomic E-state index is 0.103. The van der Waals surface area contributed by atoms with Crippen molar-refractivity contribution in [3.05, 3.63) is 34.6 Å². The largest absolute Gasteiger partial charge is 0.338 e. The van der Waals surface area contributed by atoms with Crippen molar-refractivity contribution in [3.63, 3.8) is 0 Å². The van der Waals surface area contributed by atoms with Gasteiger partial charge in [0.25, 0.3) is 0 Å². The Morgan fingerprint density at radius 3 is 2.56 bits per heavy atom. The number of hydrogen-bond donors (Lipinski definition) is 0. The number of nitrogens with zero attached hydrogens (tertiary/aromatic N) is 5. The van der Waals surface area contributed by atoms with Crippen LogP contribution < -0.4 is 0 Å². The molecule has 6 nitrogen and oxygen atoms in total. The molecule has 0 radical (unpaired) electrons. The average Bonchev–Trinajstić information content (AvgIpc) is 3.18. The lowest BCUT2D eigenvalue weighted by Gasteiger charge is -2.39. The Labute approximate surface area is 196 Å². The molecule has 0 N–H and O–H groups in total. The Morgan fingerprint density at radius 2 is 1.91 bits per heavy atom. The van der Waals surface area contributed by atoms with Crippen LogP contribution in [-0.4, -0.2) is 56.7 Å². The molecule has 7 heteroatoms. The molecular weight excluding hydrogens is 422 g/mol. The minimum absolute atomic E-state index is 0.103. The fourth-order valence-electron chi connectivity index (χ4n) is 4.96. The van der Waals surface area contributed by atoms with E-state index in [1.807, 2.05) is 37.1 Å². The molecule has 4 heterocycles. The van der Waals surface area contributed by atoms with Crippen molar-refractivity contribution in [1.29, 1.82) is 0 Å². The summed E-state index contributed by atoms with van der Waals surface area (Å²) in [6.07, 6.45) is 4.04. The molecule has 0 unspecified atom stereocenters. The third-order valence-corrected chi connectivity index (χ3v) is 7.52. The van der Waals surface area contributed by atoms with Gasteiger partial charge in [-0.2, -0.15) is 5.10 Å². The Balaban J connectivity index is 1.45. The van der Waals surface area contributed by atoms with Gasteiger partial charge in [0, 0.05) is 31.3 Å². The SMILES string of the molecule is Cc1cccc(-c2nn(C)c(Cl)c2CN2CC3(CCN(CCC(C)(C)C)CC3)CC2=O)n1. The fraction of sp³-hybridized carbons (Fsp3) is 0.640. The molecule has 0 bridgehead atoms. The summed E-state index contributed by atoms with van der Waals surface area (Å²) < 4.78 is 1.68. The van der Waals surface area contributed by atoms with Gasteiger partial charge in [-0.15, -0.1) is 0 Å². The van der Waals surface area contributed by atoms with E-state index in [1.54, 1.807) is 4.68 Å². The molecule has 32 heavy (non-hydrogen) atoms. The summed E-state index contributed by atoms with van der Waals surface area (Å²) in [4.78, 5) is 22.2. The first-order chi connectivity index (χ1) is 15.1. The standard InChI is InChI=1S/C25H36ClN5O/c1-18-7-6-8-20(27-18)22-19(23(26)29(5)28-22)16-31-17-25(15-21(31)32)10-13-30(14-11-25)12-9-24(2,3)4/h6-8H,9-17H2,1-5H3. The number of halogens is 1. The lowest BCUT2D eigenvalue weighted by Crippen LogP contribution is -2.42. The summed E-state index contributed by atoms with van der Waals surface area (Å²) in [5, 5.41) is 5.20. The maximum absolute atomic E-state index is 13.0. The van der Waals surface area contributed by atoms with Gasteiger partial charge < -0.3 is 9.80 Å². The van der Waals surface area contributed by atoms with E-state index in [-0.39, 0.29) is 11.3 Å². The van der Waals surface area contributed by atoms with Crippen LogP contribution in [0.1, 0.15) is 57.7 Å². The van der Waals surface area contributed by atoms with Gasteiger partial charge in [0.2, 0.25) is 5.91 Å². The smallest absolute Gasteiger partial charge is 0.223 e. The first-order valence-corrected chi connectivity index (χ1v) is 12.1. The molecular formula is C25H36ClN5O. The van der Waals surface area contributed by atoms with Crippen molar-refractivity contribution >= 4 is 17.5 Å². The highest BCUT2D eigenvalue weighted by molar-refractivity contribution is 6.30. The second-order valence-corrected chi connectivity index (χ2v) is 11.3. The van der Waals surface area contributed by atoms with Crippen LogP contribution in [0.3, 0.4) is 0 Å². The lowest BCUT2D eigenvalue weighted by molar-refractivity contribution is -0.128. The molecule has 0 aliphatic carbocycles. The predicted octanol–water partition coefficient (Wildman–Crippen LogP) is 4.69.